The van der Waals surface area contributed by atoms with Gasteiger partial charge in [-0.15, -0.1) is 0 Å². The van der Waals surface area contributed by atoms with E-state index in [0.29, 0.717) is 12.0 Å². The molecule has 0 N–H and O–H groups in total. The highest BCUT2D eigenvalue weighted by atomic mass is 16.6. The lowest BCUT2D eigenvalue weighted by Gasteiger charge is -2.36. The van der Waals surface area contributed by atoms with Gasteiger partial charge in [0.05, 0.1) is 18.0 Å². The molecular weight excluding hydrogens is 188 g/mol. The molecule has 2 heteroatoms. The molecule has 1 saturated heterocycles. The molecule has 1 aliphatic carbocycles. The van der Waals surface area contributed by atoms with Crippen molar-refractivity contribution in [3.05, 3.63) is 12.3 Å². The first kappa shape index (κ1) is 11.0. The number of epoxide rings is 1. The summed E-state index contributed by atoms with van der Waals surface area (Å²) in [6, 6.07) is 0. The largest absolute Gasteiger partial charge is 0.496 e. The Labute approximate surface area is 92.6 Å². The van der Waals surface area contributed by atoms with Gasteiger partial charge in [0.2, 0.25) is 0 Å². The van der Waals surface area contributed by atoms with Crippen molar-refractivity contribution >= 4 is 0 Å². The molecule has 2 rings (SSSR count). The fourth-order valence-corrected chi connectivity index (χ4v) is 2.71. The highest BCUT2D eigenvalue weighted by Gasteiger charge is 2.57. The zero-order valence-corrected chi connectivity index (χ0v) is 10.2. The van der Waals surface area contributed by atoms with Gasteiger partial charge in [0.1, 0.15) is 5.60 Å². The number of hydrogen-bond acceptors (Lipinski definition) is 2. The molecule has 3 atom stereocenters. The van der Waals surface area contributed by atoms with Crippen molar-refractivity contribution in [1.29, 1.82) is 0 Å². The molecule has 0 aromatic carbocycles. The van der Waals surface area contributed by atoms with Gasteiger partial charge in [0, 0.05) is 5.92 Å². The smallest absolute Gasteiger partial charge is 0.105 e. The van der Waals surface area contributed by atoms with E-state index in [9.17, 15) is 0 Å². The lowest BCUT2D eigenvalue weighted by molar-refractivity contribution is -0.0168. The molecule has 15 heavy (non-hydrogen) atoms. The maximum absolute atomic E-state index is 5.79. The highest BCUT2D eigenvalue weighted by Crippen LogP contribution is 2.52. The van der Waals surface area contributed by atoms with Crippen LogP contribution in [0.1, 0.15) is 47.0 Å². The van der Waals surface area contributed by atoms with Crippen molar-refractivity contribution in [3.63, 3.8) is 0 Å². The van der Waals surface area contributed by atoms with Gasteiger partial charge in [0.25, 0.3) is 0 Å². The second-order valence-electron chi connectivity index (χ2n) is 5.59. The molecule has 3 unspecified atom stereocenters. The van der Waals surface area contributed by atoms with Crippen LogP contribution in [0.3, 0.4) is 0 Å². The van der Waals surface area contributed by atoms with E-state index >= 15 is 0 Å². The van der Waals surface area contributed by atoms with Crippen LogP contribution in [0.25, 0.3) is 0 Å². The van der Waals surface area contributed by atoms with Gasteiger partial charge in [-0.3, -0.25) is 0 Å². The molecule has 0 radical (unpaired) electrons. The molecule has 2 aliphatic rings. The topological polar surface area (TPSA) is 21.8 Å². The quantitative estimate of drug-likeness (QED) is 0.526. The van der Waals surface area contributed by atoms with Crippen molar-refractivity contribution in [2.45, 2.75) is 64.3 Å². The first-order valence-electron chi connectivity index (χ1n) is 5.95. The summed E-state index contributed by atoms with van der Waals surface area (Å²) in [7, 11) is 0. The van der Waals surface area contributed by atoms with Crippen LogP contribution in [0.2, 0.25) is 0 Å². The lowest BCUT2D eigenvalue weighted by atomic mass is 9.74. The third kappa shape index (κ3) is 2.05. The van der Waals surface area contributed by atoms with Gasteiger partial charge in [0.15, 0.2) is 0 Å². The van der Waals surface area contributed by atoms with E-state index < -0.39 is 0 Å². The van der Waals surface area contributed by atoms with E-state index in [2.05, 4.69) is 20.8 Å². The molecule has 2 fully saturated rings. The predicted molar refractivity (Wildman–Crippen MR) is 60.6 cm³/mol. The average Bonchev–Trinajstić information content (AvgIpc) is 2.85. The Morgan fingerprint density at radius 1 is 1.40 bits per heavy atom. The minimum absolute atomic E-state index is 0.0631. The molecule has 0 spiro atoms. The summed E-state index contributed by atoms with van der Waals surface area (Å²) in [6.45, 7) is 8.58. The fourth-order valence-electron chi connectivity index (χ4n) is 2.71. The summed E-state index contributed by atoms with van der Waals surface area (Å²) in [6.07, 6.45) is 7.85. The first-order valence-corrected chi connectivity index (χ1v) is 5.95. The van der Waals surface area contributed by atoms with Crippen LogP contribution in [0.15, 0.2) is 12.3 Å². The van der Waals surface area contributed by atoms with Gasteiger partial charge < -0.3 is 9.47 Å². The molecular formula is C13H22O2. The van der Waals surface area contributed by atoms with E-state index in [1.54, 1.807) is 0 Å². The molecule has 1 aliphatic heterocycles. The Hall–Kier alpha value is -0.500. The third-order valence-electron chi connectivity index (χ3n) is 3.96. The van der Waals surface area contributed by atoms with Gasteiger partial charge in [-0.2, -0.15) is 0 Å². The molecule has 86 valence electrons. The van der Waals surface area contributed by atoms with Crippen molar-refractivity contribution in [2.75, 3.05) is 0 Å². The SMILES string of the molecule is CC=COC(C)(C)C1CCC2OC2(C)C1. The number of ether oxygens (including phenoxy) is 2. The number of hydrogen-bond donors (Lipinski definition) is 0. The monoisotopic (exact) mass is 210 g/mol. The van der Waals surface area contributed by atoms with Gasteiger partial charge >= 0.3 is 0 Å². The Balaban J connectivity index is 1.97. The highest BCUT2D eigenvalue weighted by molar-refractivity contribution is 5.06. The number of rotatable bonds is 3. The van der Waals surface area contributed by atoms with Crippen LogP contribution in [0, 0.1) is 5.92 Å². The van der Waals surface area contributed by atoms with E-state index in [1.165, 1.54) is 12.8 Å². The van der Waals surface area contributed by atoms with Gasteiger partial charge in [-0.1, -0.05) is 6.08 Å². The van der Waals surface area contributed by atoms with Crippen LogP contribution >= 0.6 is 0 Å². The molecule has 1 heterocycles. The molecule has 0 aromatic rings. The van der Waals surface area contributed by atoms with Crippen LogP contribution in [0.4, 0.5) is 0 Å². The molecule has 0 amide bonds. The molecule has 1 saturated carbocycles. The number of fused-ring (bicyclic) bond motifs is 1. The van der Waals surface area contributed by atoms with E-state index in [-0.39, 0.29) is 11.2 Å². The van der Waals surface area contributed by atoms with Crippen molar-refractivity contribution in [3.8, 4) is 0 Å². The lowest BCUT2D eigenvalue weighted by Crippen LogP contribution is -2.38. The third-order valence-corrected chi connectivity index (χ3v) is 3.96. The number of allylic oxidation sites excluding steroid dienone is 1. The van der Waals surface area contributed by atoms with Crippen LogP contribution in [-0.4, -0.2) is 17.3 Å². The van der Waals surface area contributed by atoms with Gasteiger partial charge in [-0.25, -0.2) is 0 Å². The van der Waals surface area contributed by atoms with Crippen molar-refractivity contribution in [2.24, 2.45) is 5.92 Å². The maximum atomic E-state index is 5.79. The first-order chi connectivity index (χ1) is 6.98. The van der Waals surface area contributed by atoms with Crippen LogP contribution in [0.5, 0.6) is 0 Å². The predicted octanol–water partition coefficient (Wildman–Crippen LogP) is 3.27. The molecule has 2 nitrogen and oxygen atoms in total. The second-order valence-corrected chi connectivity index (χ2v) is 5.59. The van der Waals surface area contributed by atoms with Gasteiger partial charge in [-0.05, 0) is 47.0 Å². The van der Waals surface area contributed by atoms with Crippen LogP contribution < -0.4 is 0 Å². The van der Waals surface area contributed by atoms with Crippen molar-refractivity contribution < 1.29 is 9.47 Å². The van der Waals surface area contributed by atoms with E-state index in [1.807, 2.05) is 19.3 Å². The Morgan fingerprint density at radius 2 is 2.13 bits per heavy atom. The molecule has 0 bridgehead atoms. The minimum atomic E-state index is -0.0631. The van der Waals surface area contributed by atoms with Crippen LogP contribution in [-0.2, 0) is 9.47 Å². The Morgan fingerprint density at radius 3 is 2.73 bits per heavy atom. The summed E-state index contributed by atoms with van der Waals surface area (Å²) >= 11 is 0. The average molecular weight is 210 g/mol. The normalized spacial score (nSPS) is 40.3. The zero-order chi connectivity index (χ0) is 11.1. The van der Waals surface area contributed by atoms with E-state index in [4.69, 9.17) is 9.47 Å². The summed E-state index contributed by atoms with van der Waals surface area (Å²) in [4.78, 5) is 0. The Bertz CT molecular complexity index is 270. The summed E-state index contributed by atoms with van der Waals surface area (Å²) in [5.41, 5.74) is 0.103. The summed E-state index contributed by atoms with van der Waals surface area (Å²) < 4.78 is 11.5. The fraction of sp³-hybridized carbons (Fsp3) is 0.846. The standard InChI is InChI=1S/C13H22O2/c1-5-8-14-12(2,3)10-6-7-11-13(4,9-10)15-11/h5,8,10-11H,6-7,9H2,1-4H3. The molecule has 0 aromatic heterocycles. The van der Waals surface area contributed by atoms with Crippen molar-refractivity contribution in [1.82, 2.24) is 0 Å². The Kier molecular flexibility index (Phi) is 2.58. The van der Waals surface area contributed by atoms with E-state index in [0.717, 1.165) is 6.42 Å². The minimum Gasteiger partial charge on any atom is -0.496 e. The second kappa shape index (κ2) is 3.51. The summed E-state index contributed by atoms with van der Waals surface area (Å²) in [5.74, 6) is 0.609. The maximum Gasteiger partial charge on any atom is 0.105 e. The zero-order valence-electron chi connectivity index (χ0n) is 10.2. The summed E-state index contributed by atoms with van der Waals surface area (Å²) in [5, 5.41) is 0.